The Labute approximate surface area is 109 Å². The van der Waals surface area contributed by atoms with Crippen molar-refractivity contribution in [2.24, 2.45) is 5.10 Å². The van der Waals surface area contributed by atoms with Crippen molar-refractivity contribution in [2.75, 3.05) is 5.73 Å². The summed E-state index contributed by atoms with van der Waals surface area (Å²) in [5.74, 6) is -0.444. The fourth-order valence-electron chi connectivity index (χ4n) is 1.63. The number of hydrogen-bond acceptors (Lipinski definition) is 5. The van der Waals surface area contributed by atoms with Gasteiger partial charge in [-0.2, -0.15) is 5.10 Å². The Morgan fingerprint density at radius 1 is 1.47 bits per heavy atom. The quantitative estimate of drug-likeness (QED) is 0.512. The van der Waals surface area contributed by atoms with Gasteiger partial charge in [0, 0.05) is 5.56 Å². The molecule has 1 heterocycles. The number of aromatic nitrogens is 2. The van der Waals surface area contributed by atoms with Crippen LogP contribution in [-0.4, -0.2) is 33.0 Å². The molecule has 0 unspecified atom stereocenters. The van der Waals surface area contributed by atoms with Crippen molar-refractivity contribution in [2.45, 2.75) is 6.92 Å². The predicted octanol–water partition coefficient (Wildman–Crippen LogP) is -0.525. The van der Waals surface area contributed by atoms with Crippen molar-refractivity contribution in [1.82, 2.24) is 9.66 Å². The lowest BCUT2D eigenvalue weighted by atomic mass is 9.77. The summed E-state index contributed by atoms with van der Waals surface area (Å²) in [6.07, 6.45) is 2.74. The van der Waals surface area contributed by atoms with Gasteiger partial charge in [-0.3, -0.25) is 0 Å². The van der Waals surface area contributed by atoms with Crippen LogP contribution in [0.3, 0.4) is 0 Å². The van der Waals surface area contributed by atoms with E-state index >= 15 is 0 Å². The lowest BCUT2D eigenvalue weighted by Gasteiger charge is -2.05. The Kier molecular flexibility index (Phi) is 3.63. The molecule has 0 fully saturated rings. The summed E-state index contributed by atoms with van der Waals surface area (Å²) in [7, 11) is -1.78. The Hall–Kier alpha value is -2.19. The van der Waals surface area contributed by atoms with Crippen molar-refractivity contribution < 1.29 is 14.4 Å². The number of imidazole rings is 1. The van der Waals surface area contributed by atoms with E-state index in [0.717, 1.165) is 0 Å². The maximum absolute atomic E-state index is 13.6. The highest BCUT2D eigenvalue weighted by molar-refractivity contribution is 6.60. The number of aryl methyl sites for hydroxylation is 1. The van der Waals surface area contributed by atoms with E-state index in [2.05, 4.69) is 10.1 Å². The third-order valence-corrected chi connectivity index (χ3v) is 2.51. The highest BCUT2D eigenvalue weighted by atomic mass is 19.1. The normalized spacial score (nSPS) is 11.2. The minimum absolute atomic E-state index is 0.0109. The Bertz CT molecular complexity index is 627. The van der Waals surface area contributed by atoms with Crippen molar-refractivity contribution in [3.05, 3.63) is 41.5 Å². The van der Waals surface area contributed by atoms with Crippen LogP contribution in [0.2, 0.25) is 0 Å². The highest BCUT2D eigenvalue weighted by Gasteiger charge is 2.17. The zero-order valence-electron chi connectivity index (χ0n) is 10.2. The van der Waals surface area contributed by atoms with E-state index in [1.807, 2.05) is 0 Å². The molecule has 0 aliphatic rings. The molecule has 2 rings (SSSR count). The van der Waals surface area contributed by atoms with Crippen LogP contribution in [0.1, 0.15) is 11.3 Å². The number of benzene rings is 1. The molecular weight excluding hydrogens is 250 g/mol. The summed E-state index contributed by atoms with van der Waals surface area (Å²) in [4.78, 5) is 3.94. The minimum atomic E-state index is -1.78. The fraction of sp³-hybridized carbons (Fsp3) is 0.0909. The second-order valence-electron chi connectivity index (χ2n) is 3.95. The summed E-state index contributed by atoms with van der Waals surface area (Å²) in [6, 6.07) is 3.99. The lowest BCUT2D eigenvalue weighted by molar-refractivity contribution is 0.425. The molecule has 1 aromatic carbocycles. The number of anilines is 1. The van der Waals surface area contributed by atoms with E-state index in [0.29, 0.717) is 5.69 Å². The van der Waals surface area contributed by atoms with Crippen LogP contribution in [0.25, 0.3) is 0 Å². The molecule has 0 spiro atoms. The second kappa shape index (κ2) is 5.21. The summed E-state index contributed by atoms with van der Waals surface area (Å²) < 4.78 is 14.9. The number of nitrogens with zero attached hydrogens (tertiary/aromatic N) is 3. The third kappa shape index (κ3) is 2.80. The number of rotatable bonds is 3. The monoisotopic (exact) mass is 262 g/mol. The first-order valence-electron chi connectivity index (χ1n) is 5.49. The standard InChI is InChI=1S/C11H12BFN4O2/c1-7-6-17(11(14)16-7)15-5-8-9(12(18)19)3-2-4-10(8)13/h2-6,18-19H,1H3,(H2,14,16). The van der Waals surface area contributed by atoms with E-state index in [1.54, 1.807) is 13.1 Å². The van der Waals surface area contributed by atoms with Crippen LogP contribution in [0.4, 0.5) is 10.3 Å². The zero-order chi connectivity index (χ0) is 14.0. The van der Waals surface area contributed by atoms with Gasteiger partial charge in [0.05, 0.1) is 18.1 Å². The number of nitrogen functional groups attached to an aromatic ring is 1. The van der Waals surface area contributed by atoms with Gasteiger partial charge >= 0.3 is 7.12 Å². The maximum atomic E-state index is 13.6. The average molecular weight is 262 g/mol. The molecule has 19 heavy (non-hydrogen) atoms. The Morgan fingerprint density at radius 2 is 2.21 bits per heavy atom. The molecule has 0 atom stereocenters. The molecule has 0 amide bonds. The summed E-state index contributed by atoms with van der Waals surface area (Å²) in [5, 5.41) is 22.3. The van der Waals surface area contributed by atoms with Crippen LogP contribution in [0.5, 0.6) is 0 Å². The number of hydrogen-bond donors (Lipinski definition) is 3. The molecule has 0 radical (unpaired) electrons. The Morgan fingerprint density at radius 3 is 2.79 bits per heavy atom. The van der Waals surface area contributed by atoms with E-state index in [1.165, 1.54) is 29.1 Å². The summed E-state index contributed by atoms with van der Waals surface area (Å²) in [6.45, 7) is 1.74. The van der Waals surface area contributed by atoms with Crippen LogP contribution in [0.15, 0.2) is 29.5 Å². The van der Waals surface area contributed by atoms with Crippen molar-refractivity contribution in [3.63, 3.8) is 0 Å². The smallest absolute Gasteiger partial charge is 0.423 e. The van der Waals surface area contributed by atoms with Crippen LogP contribution in [-0.2, 0) is 0 Å². The SMILES string of the molecule is Cc1cn(N=Cc2c(F)cccc2B(O)O)c(N)n1. The molecule has 0 saturated carbocycles. The van der Waals surface area contributed by atoms with Crippen LogP contribution in [0, 0.1) is 12.7 Å². The molecule has 0 bridgehead atoms. The molecule has 0 saturated heterocycles. The molecular formula is C11H12BFN4O2. The molecule has 0 aliphatic carbocycles. The van der Waals surface area contributed by atoms with Gasteiger partial charge in [0.25, 0.3) is 0 Å². The molecule has 0 aliphatic heterocycles. The predicted molar refractivity (Wildman–Crippen MR) is 70.6 cm³/mol. The van der Waals surface area contributed by atoms with Crippen LogP contribution >= 0.6 is 0 Å². The van der Waals surface area contributed by atoms with E-state index < -0.39 is 12.9 Å². The lowest BCUT2D eigenvalue weighted by Crippen LogP contribution is -2.33. The minimum Gasteiger partial charge on any atom is -0.423 e. The van der Waals surface area contributed by atoms with Gasteiger partial charge in [-0.25, -0.2) is 14.1 Å². The van der Waals surface area contributed by atoms with E-state index in [-0.39, 0.29) is 17.0 Å². The third-order valence-electron chi connectivity index (χ3n) is 2.51. The Balaban J connectivity index is 2.40. The van der Waals surface area contributed by atoms with Gasteiger partial charge in [0.1, 0.15) is 5.82 Å². The fourth-order valence-corrected chi connectivity index (χ4v) is 1.63. The van der Waals surface area contributed by atoms with Gasteiger partial charge in [-0.15, -0.1) is 0 Å². The van der Waals surface area contributed by atoms with Gasteiger partial charge in [-0.1, -0.05) is 12.1 Å². The van der Waals surface area contributed by atoms with Gasteiger partial charge in [-0.05, 0) is 18.5 Å². The number of halogens is 1. The van der Waals surface area contributed by atoms with Crippen LogP contribution < -0.4 is 11.2 Å². The average Bonchev–Trinajstić information content (AvgIpc) is 2.66. The summed E-state index contributed by atoms with van der Waals surface area (Å²) in [5.41, 5.74) is 6.28. The molecule has 98 valence electrons. The molecule has 6 nitrogen and oxygen atoms in total. The number of nitrogens with two attached hydrogens (primary N) is 1. The topological polar surface area (TPSA) is 96.7 Å². The molecule has 1 aromatic heterocycles. The first-order chi connectivity index (χ1) is 8.99. The maximum Gasteiger partial charge on any atom is 0.489 e. The van der Waals surface area contributed by atoms with Gasteiger partial charge < -0.3 is 15.8 Å². The first kappa shape index (κ1) is 13.3. The van der Waals surface area contributed by atoms with Gasteiger partial charge in [0.2, 0.25) is 5.95 Å². The second-order valence-corrected chi connectivity index (χ2v) is 3.95. The van der Waals surface area contributed by atoms with E-state index in [9.17, 15) is 4.39 Å². The van der Waals surface area contributed by atoms with E-state index in [4.69, 9.17) is 15.8 Å². The largest absolute Gasteiger partial charge is 0.489 e. The van der Waals surface area contributed by atoms with Crippen molar-refractivity contribution >= 4 is 24.7 Å². The molecule has 2 aromatic rings. The highest BCUT2D eigenvalue weighted by Crippen LogP contribution is 2.05. The van der Waals surface area contributed by atoms with Crippen molar-refractivity contribution in [1.29, 1.82) is 0 Å². The molecule has 4 N–H and O–H groups in total. The van der Waals surface area contributed by atoms with Crippen molar-refractivity contribution in [3.8, 4) is 0 Å². The molecule has 8 heteroatoms. The zero-order valence-corrected chi connectivity index (χ0v) is 10.2. The summed E-state index contributed by atoms with van der Waals surface area (Å²) >= 11 is 0. The van der Waals surface area contributed by atoms with Gasteiger partial charge in [0.15, 0.2) is 0 Å². The first-order valence-corrected chi connectivity index (χ1v) is 5.49.